The van der Waals surface area contributed by atoms with Crippen molar-refractivity contribution in [1.82, 2.24) is 15.1 Å². The second-order valence-electron chi connectivity index (χ2n) is 5.68. The molecule has 1 saturated heterocycles. The van der Waals surface area contributed by atoms with Crippen LogP contribution >= 0.6 is 0 Å². The summed E-state index contributed by atoms with van der Waals surface area (Å²) < 4.78 is 0. The fourth-order valence-electron chi connectivity index (χ4n) is 3.00. The molecule has 1 aliphatic rings. The number of nitrogens with zero attached hydrogens (tertiary/aromatic N) is 2. The first kappa shape index (κ1) is 15.9. The largest absolute Gasteiger partial charge is 0.317 e. The smallest absolute Gasteiger partial charge is 0.0117 e. The van der Waals surface area contributed by atoms with E-state index in [4.69, 9.17) is 0 Å². The predicted molar refractivity (Wildman–Crippen MR) is 80.1 cm³/mol. The van der Waals surface area contributed by atoms with E-state index in [-0.39, 0.29) is 0 Å². The first-order valence-electron chi connectivity index (χ1n) is 7.81. The minimum absolute atomic E-state index is 0.709. The number of nitrogens with one attached hydrogen (secondary N) is 1. The van der Waals surface area contributed by atoms with Crippen molar-refractivity contribution in [2.75, 3.05) is 40.3 Å². The molecule has 18 heavy (non-hydrogen) atoms. The van der Waals surface area contributed by atoms with Crippen molar-refractivity contribution in [2.24, 2.45) is 0 Å². The molecule has 1 atom stereocenters. The molecule has 3 nitrogen and oxygen atoms in total. The van der Waals surface area contributed by atoms with Crippen molar-refractivity contribution in [3.8, 4) is 0 Å². The van der Waals surface area contributed by atoms with Crippen molar-refractivity contribution in [1.29, 1.82) is 0 Å². The summed E-state index contributed by atoms with van der Waals surface area (Å²) in [5, 5.41) is 3.39. The Hall–Kier alpha value is -0.120. The van der Waals surface area contributed by atoms with Crippen LogP contribution in [0.4, 0.5) is 0 Å². The Morgan fingerprint density at radius 3 is 2.44 bits per heavy atom. The van der Waals surface area contributed by atoms with Gasteiger partial charge >= 0.3 is 0 Å². The van der Waals surface area contributed by atoms with Crippen LogP contribution in [0.5, 0.6) is 0 Å². The lowest BCUT2D eigenvalue weighted by molar-refractivity contribution is 0.129. The molecule has 0 radical (unpaired) electrons. The Morgan fingerprint density at radius 1 is 1.28 bits per heavy atom. The molecule has 0 spiro atoms. The zero-order valence-corrected chi connectivity index (χ0v) is 12.9. The molecular formula is C15H33N3. The van der Waals surface area contributed by atoms with Gasteiger partial charge in [0.2, 0.25) is 0 Å². The maximum absolute atomic E-state index is 3.39. The maximum Gasteiger partial charge on any atom is 0.0117 e. The number of rotatable bonds is 8. The van der Waals surface area contributed by atoms with Gasteiger partial charge in [0.15, 0.2) is 0 Å². The normalized spacial score (nSPS) is 20.5. The van der Waals surface area contributed by atoms with E-state index >= 15 is 0 Å². The third kappa shape index (κ3) is 5.25. The molecule has 1 unspecified atom stereocenters. The summed E-state index contributed by atoms with van der Waals surface area (Å²) in [5.41, 5.74) is 0. The van der Waals surface area contributed by atoms with Crippen molar-refractivity contribution < 1.29 is 0 Å². The number of piperidine rings is 1. The van der Waals surface area contributed by atoms with Gasteiger partial charge in [0, 0.05) is 12.1 Å². The molecule has 0 aromatic heterocycles. The molecule has 0 aromatic carbocycles. The van der Waals surface area contributed by atoms with Crippen molar-refractivity contribution in [2.45, 2.75) is 58.0 Å². The van der Waals surface area contributed by atoms with Crippen LogP contribution in [0.15, 0.2) is 0 Å². The SMILES string of the molecule is CCC(CCCN(C)C1CCN(CC)CC1)NC. The fourth-order valence-corrected chi connectivity index (χ4v) is 3.00. The van der Waals surface area contributed by atoms with Gasteiger partial charge in [-0.3, -0.25) is 0 Å². The standard InChI is InChI=1S/C15H33N3/c1-5-14(16-3)8-7-11-17(4)15-9-12-18(6-2)13-10-15/h14-16H,5-13H2,1-4H3. The van der Waals surface area contributed by atoms with Crippen molar-refractivity contribution in [3.63, 3.8) is 0 Å². The van der Waals surface area contributed by atoms with E-state index in [0.29, 0.717) is 6.04 Å². The average molecular weight is 255 g/mol. The Kier molecular flexibility index (Phi) is 7.87. The Bertz CT molecular complexity index is 196. The van der Waals surface area contributed by atoms with Gasteiger partial charge in [-0.1, -0.05) is 13.8 Å². The van der Waals surface area contributed by atoms with Crippen LogP contribution < -0.4 is 5.32 Å². The summed E-state index contributed by atoms with van der Waals surface area (Å²) in [6.45, 7) is 9.60. The number of likely N-dealkylation sites (tertiary alicyclic amines) is 1. The van der Waals surface area contributed by atoms with Crippen LogP contribution in [0.1, 0.15) is 46.0 Å². The Labute approximate surface area is 114 Å². The van der Waals surface area contributed by atoms with Gasteiger partial charge in [-0.25, -0.2) is 0 Å². The average Bonchev–Trinajstić information content (AvgIpc) is 2.43. The molecule has 0 amide bonds. The molecular weight excluding hydrogens is 222 g/mol. The summed E-state index contributed by atoms with van der Waals surface area (Å²) in [7, 11) is 4.39. The molecule has 0 saturated carbocycles. The van der Waals surface area contributed by atoms with E-state index < -0.39 is 0 Å². The lowest BCUT2D eigenvalue weighted by Crippen LogP contribution is -2.43. The van der Waals surface area contributed by atoms with Gasteiger partial charge in [-0.05, 0) is 72.4 Å². The first-order chi connectivity index (χ1) is 8.71. The Morgan fingerprint density at radius 2 is 1.94 bits per heavy atom. The molecule has 1 rings (SSSR count). The van der Waals surface area contributed by atoms with Crippen LogP contribution in [0, 0.1) is 0 Å². The van der Waals surface area contributed by atoms with Gasteiger partial charge in [-0.15, -0.1) is 0 Å². The second kappa shape index (κ2) is 8.89. The van der Waals surface area contributed by atoms with E-state index in [2.05, 4.69) is 43.1 Å². The molecule has 0 aliphatic carbocycles. The summed E-state index contributed by atoms with van der Waals surface area (Å²) in [6.07, 6.45) is 6.59. The zero-order valence-electron chi connectivity index (χ0n) is 12.9. The Balaban J connectivity index is 2.15. The van der Waals surface area contributed by atoms with E-state index in [1.807, 2.05) is 0 Å². The molecule has 1 aliphatic heterocycles. The number of hydrogen-bond donors (Lipinski definition) is 1. The molecule has 1 heterocycles. The van der Waals surface area contributed by atoms with Gasteiger partial charge < -0.3 is 15.1 Å². The highest BCUT2D eigenvalue weighted by molar-refractivity contribution is 4.78. The molecule has 1 N–H and O–H groups in total. The summed E-state index contributed by atoms with van der Waals surface area (Å²) in [5.74, 6) is 0. The van der Waals surface area contributed by atoms with Crippen molar-refractivity contribution >= 4 is 0 Å². The third-order valence-electron chi connectivity index (χ3n) is 4.59. The van der Waals surface area contributed by atoms with Crippen LogP contribution in [0.25, 0.3) is 0 Å². The monoisotopic (exact) mass is 255 g/mol. The van der Waals surface area contributed by atoms with Crippen LogP contribution in [0.2, 0.25) is 0 Å². The van der Waals surface area contributed by atoms with E-state index in [9.17, 15) is 0 Å². The highest BCUT2D eigenvalue weighted by Crippen LogP contribution is 2.15. The molecule has 108 valence electrons. The van der Waals surface area contributed by atoms with Crippen LogP contribution in [0.3, 0.4) is 0 Å². The predicted octanol–water partition coefficient (Wildman–Crippen LogP) is 2.18. The molecule has 3 heteroatoms. The number of hydrogen-bond acceptors (Lipinski definition) is 3. The van der Waals surface area contributed by atoms with Gasteiger partial charge in [-0.2, -0.15) is 0 Å². The summed E-state index contributed by atoms with van der Waals surface area (Å²) in [6, 6.07) is 1.53. The second-order valence-corrected chi connectivity index (χ2v) is 5.68. The van der Waals surface area contributed by atoms with E-state index in [1.165, 1.54) is 58.3 Å². The van der Waals surface area contributed by atoms with Crippen LogP contribution in [-0.4, -0.2) is 62.2 Å². The van der Waals surface area contributed by atoms with Crippen LogP contribution in [-0.2, 0) is 0 Å². The van der Waals surface area contributed by atoms with E-state index in [0.717, 1.165) is 6.04 Å². The third-order valence-corrected chi connectivity index (χ3v) is 4.59. The fraction of sp³-hybridized carbons (Fsp3) is 1.00. The van der Waals surface area contributed by atoms with Crippen molar-refractivity contribution in [3.05, 3.63) is 0 Å². The van der Waals surface area contributed by atoms with Gasteiger partial charge in [0.25, 0.3) is 0 Å². The minimum Gasteiger partial charge on any atom is -0.317 e. The van der Waals surface area contributed by atoms with Gasteiger partial charge in [0.1, 0.15) is 0 Å². The molecule has 0 bridgehead atoms. The summed E-state index contributed by atoms with van der Waals surface area (Å²) >= 11 is 0. The minimum atomic E-state index is 0.709. The highest BCUT2D eigenvalue weighted by Gasteiger charge is 2.21. The quantitative estimate of drug-likeness (QED) is 0.717. The molecule has 0 aromatic rings. The lowest BCUT2D eigenvalue weighted by atomic mass is 10.0. The molecule has 1 fully saturated rings. The zero-order chi connectivity index (χ0) is 13.4. The lowest BCUT2D eigenvalue weighted by Gasteiger charge is -2.36. The van der Waals surface area contributed by atoms with E-state index in [1.54, 1.807) is 0 Å². The highest BCUT2D eigenvalue weighted by atomic mass is 15.2. The summed E-state index contributed by atoms with van der Waals surface area (Å²) in [4.78, 5) is 5.16. The first-order valence-corrected chi connectivity index (χ1v) is 7.81. The topological polar surface area (TPSA) is 18.5 Å². The van der Waals surface area contributed by atoms with Gasteiger partial charge in [0.05, 0.1) is 0 Å². The maximum atomic E-state index is 3.39.